The van der Waals surface area contributed by atoms with E-state index in [1.54, 1.807) is 71.1 Å². The summed E-state index contributed by atoms with van der Waals surface area (Å²) < 4.78 is 70.4. The minimum Gasteiger partial charge on any atom is -0.493 e. The first kappa shape index (κ1) is 52.1. The van der Waals surface area contributed by atoms with Crippen molar-refractivity contribution in [2.45, 2.75) is 57.0 Å². The monoisotopic (exact) mass is 960 g/mol. The van der Waals surface area contributed by atoms with E-state index in [0.29, 0.717) is 98.8 Å². The van der Waals surface area contributed by atoms with Crippen molar-refractivity contribution in [3.05, 3.63) is 81.9 Å². The molecule has 2 heterocycles. The average Bonchev–Trinajstić information content (AvgIpc) is 3.37. The highest BCUT2D eigenvalue weighted by atomic mass is 16.6. The zero-order valence-corrected chi connectivity index (χ0v) is 42.6. The molecule has 4 aromatic carbocycles. The molecule has 69 heavy (non-hydrogen) atoms. The van der Waals surface area contributed by atoms with Crippen LogP contribution in [0.1, 0.15) is 71.1 Å². The molecule has 4 aromatic rings. The molecule has 0 spiro atoms. The van der Waals surface area contributed by atoms with Crippen LogP contribution in [0.3, 0.4) is 0 Å². The van der Waals surface area contributed by atoms with Gasteiger partial charge in [0, 0.05) is 37.7 Å². The molecule has 0 radical (unpaired) electrons. The minimum absolute atomic E-state index is 0.0466. The fraction of sp³-hybridized carbons (Fsp3) is 0.509. The van der Waals surface area contributed by atoms with E-state index >= 15 is 0 Å². The summed E-state index contributed by atoms with van der Waals surface area (Å²) in [6.45, 7) is 3.44. The molecular formula is C53H72N2O14+2. The summed E-state index contributed by atoms with van der Waals surface area (Å²) in [7, 11) is 20.7. The second-order valence-electron chi connectivity index (χ2n) is 17.9. The summed E-state index contributed by atoms with van der Waals surface area (Å²) in [4.78, 5) is 26.0. The summed E-state index contributed by atoms with van der Waals surface area (Å²) >= 11 is 0. The van der Waals surface area contributed by atoms with Crippen molar-refractivity contribution >= 4 is 11.9 Å². The molecule has 0 aromatic heterocycles. The highest BCUT2D eigenvalue weighted by Gasteiger charge is 2.45. The van der Waals surface area contributed by atoms with Gasteiger partial charge in [-0.1, -0.05) is 6.07 Å². The summed E-state index contributed by atoms with van der Waals surface area (Å²) in [6, 6.07) is 15.8. The Morgan fingerprint density at radius 3 is 1.45 bits per heavy atom. The van der Waals surface area contributed by atoms with E-state index in [2.05, 4.69) is 26.2 Å². The first-order valence-electron chi connectivity index (χ1n) is 23.4. The van der Waals surface area contributed by atoms with Gasteiger partial charge in [0.1, 0.15) is 12.1 Å². The lowest BCUT2D eigenvalue weighted by atomic mass is 9.84. The van der Waals surface area contributed by atoms with Gasteiger partial charge in [-0.15, -0.1) is 0 Å². The van der Waals surface area contributed by atoms with E-state index in [4.69, 9.17) is 56.8 Å². The second kappa shape index (κ2) is 23.4. The number of carbonyl (C=O) groups excluding carboxylic acids is 2. The summed E-state index contributed by atoms with van der Waals surface area (Å²) in [5.41, 5.74) is 6.38. The largest absolute Gasteiger partial charge is 0.493 e. The number of likely N-dealkylation sites (N-methyl/N-ethyl adjacent to an activating group) is 2. The van der Waals surface area contributed by atoms with Gasteiger partial charge in [0.05, 0.1) is 149 Å². The number of hydrogen-bond acceptors (Lipinski definition) is 14. The van der Waals surface area contributed by atoms with E-state index in [1.165, 1.54) is 0 Å². The van der Waals surface area contributed by atoms with Crippen LogP contribution >= 0.6 is 0 Å². The van der Waals surface area contributed by atoms with Crippen molar-refractivity contribution in [3.8, 4) is 57.5 Å². The van der Waals surface area contributed by atoms with Crippen LogP contribution in [0, 0.1) is 0 Å². The van der Waals surface area contributed by atoms with Crippen LogP contribution in [-0.4, -0.2) is 145 Å². The number of methoxy groups -OCH3 is 10. The third kappa shape index (κ3) is 11.1. The molecule has 0 aliphatic carbocycles. The van der Waals surface area contributed by atoms with E-state index in [0.717, 1.165) is 59.3 Å². The van der Waals surface area contributed by atoms with Gasteiger partial charge in [-0.3, -0.25) is 9.59 Å². The second-order valence-corrected chi connectivity index (χ2v) is 17.9. The molecule has 16 heteroatoms. The van der Waals surface area contributed by atoms with E-state index in [-0.39, 0.29) is 38.1 Å². The van der Waals surface area contributed by atoms with Gasteiger partial charge in [0.2, 0.25) is 11.5 Å². The number of fused-ring (bicyclic) bond motifs is 2. The Kier molecular flexibility index (Phi) is 17.6. The van der Waals surface area contributed by atoms with Crippen LogP contribution in [0.4, 0.5) is 0 Å². The van der Waals surface area contributed by atoms with Gasteiger partial charge >= 0.3 is 11.9 Å². The maximum absolute atomic E-state index is 13.0. The van der Waals surface area contributed by atoms with Crippen LogP contribution in [0.2, 0.25) is 0 Å². The van der Waals surface area contributed by atoms with Crippen LogP contribution in [0.15, 0.2) is 48.5 Å². The normalized spacial score (nSPS) is 19.2. The molecule has 0 fully saturated rings. The molecule has 376 valence electrons. The van der Waals surface area contributed by atoms with Gasteiger partial charge < -0.3 is 65.8 Å². The number of ether oxygens (including phenoxy) is 12. The molecule has 0 saturated carbocycles. The van der Waals surface area contributed by atoms with Crippen molar-refractivity contribution in [2.24, 2.45) is 0 Å². The van der Waals surface area contributed by atoms with Gasteiger partial charge in [-0.25, -0.2) is 0 Å². The Balaban J connectivity index is 1.06. The van der Waals surface area contributed by atoms with Crippen LogP contribution in [0.5, 0.6) is 57.5 Å². The molecule has 4 atom stereocenters. The zero-order valence-electron chi connectivity index (χ0n) is 42.6. The Morgan fingerprint density at radius 2 is 0.942 bits per heavy atom. The molecule has 0 N–H and O–H groups in total. The lowest BCUT2D eigenvalue weighted by molar-refractivity contribution is -0.941. The third-order valence-corrected chi connectivity index (χ3v) is 14.0. The molecular weight excluding hydrogens is 889 g/mol. The number of hydrogen-bond donors (Lipinski definition) is 0. The predicted octanol–water partition coefficient (Wildman–Crippen LogP) is 7.50. The molecule has 16 nitrogen and oxygen atoms in total. The molecule has 4 unspecified atom stereocenters. The Bertz CT molecular complexity index is 2420. The topological polar surface area (TPSA) is 145 Å². The standard InChI is InChI=1S/C53H72N2O14/c1-54(25-21-35-31-43(62-7)50(64-9)52(66-11)47(35)38(54)29-34-15-17-39(58-3)41(30-34)60-5)23-13-27-68-45(56)19-20-46(57)69-28-14-24-55(2)26-22-36-32-44(63-8)51(65-10)53(67-12)48(36)49(55)37-16-18-40(59-4)42(33-37)61-6/h15-18,30-33,38,49H,13-14,19-29H2,1-12H3/q+2. The number of benzene rings is 4. The minimum atomic E-state index is -0.447. The van der Waals surface area contributed by atoms with Crippen molar-refractivity contribution in [1.82, 2.24) is 0 Å². The van der Waals surface area contributed by atoms with Crippen molar-refractivity contribution in [3.63, 3.8) is 0 Å². The first-order valence-corrected chi connectivity index (χ1v) is 23.4. The van der Waals surface area contributed by atoms with Gasteiger partial charge in [0.25, 0.3) is 0 Å². The van der Waals surface area contributed by atoms with Gasteiger partial charge in [-0.2, -0.15) is 0 Å². The maximum Gasteiger partial charge on any atom is 0.306 e. The summed E-state index contributed by atoms with van der Waals surface area (Å²) in [5.74, 6) is 5.22. The molecule has 0 bridgehead atoms. The Hall–Kier alpha value is -6.26. The summed E-state index contributed by atoms with van der Waals surface area (Å²) in [5, 5.41) is 0. The molecule has 2 aliphatic heterocycles. The predicted molar refractivity (Wildman–Crippen MR) is 259 cm³/mol. The quantitative estimate of drug-likeness (QED) is 0.0388. The number of nitrogens with zero attached hydrogens (tertiary/aromatic N) is 2. The lowest BCUT2D eigenvalue weighted by Gasteiger charge is -2.46. The van der Waals surface area contributed by atoms with Gasteiger partial charge in [-0.05, 0) is 59.2 Å². The van der Waals surface area contributed by atoms with Crippen molar-refractivity contribution < 1.29 is 75.4 Å². The summed E-state index contributed by atoms with van der Waals surface area (Å²) in [6.07, 6.45) is 3.27. The average molecular weight is 961 g/mol. The van der Waals surface area contributed by atoms with Crippen LogP contribution in [-0.2, 0) is 38.3 Å². The number of rotatable bonds is 24. The highest BCUT2D eigenvalue weighted by Crippen LogP contribution is 2.53. The zero-order chi connectivity index (χ0) is 49.9. The fourth-order valence-electron chi connectivity index (χ4n) is 10.4. The SMILES string of the molecule is COc1ccc(CC2c3c(cc(OC)c(OC)c3OC)CC[N+]2(C)CCCOC(=O)CCC(=O)OCCC[N+]2(C)CCc3cc(OC)c(OC)c(OC)c3C2c2ccc(OC)c(OC)c2)cc1OC. The van der Waals surface area contributed by atoms with E-state index < -0.39 is 11.9 Å². The maximum atomic E-state index is 13.0. The third-order valence-electron chi connectivity index (χ3n) is 14.0. The Labute approximate surface area is 407 Å². The van der Waals surface area contributed by atoms with E-state index in [1.807, 2.05) is 36.4 Å². The van der Waals surface area contributed by atoms with Crippen LogP contribution in [0.25, 0.3) is 0 Å². The van der Waals surface area contributed by atoms with Crippen molar-refractivity contribution in [1.29, 1.82) is 0 Å². The smallest absolute Gasteiger partial charge is 0.306 e. The number of esters is 2. The molecule has 2 aliphatic rings. The number of carbonyl (C=O) groups is 2. The molecule has 0 saturated heterocycles. The van der Waals surface area contributed by atoms with E-state index in [9.17, 15) is 9.59 Å². The van der Waals surface area contributed by atoms with Crippen molar-refractivity contribution in [2.75, 3.05) is 125 Å². The molecule has 6 rings (SSSR count). The molecule has 0 amide bonds. The van der Waals surface area contributed by atoms with Gasteiger partial charge in [0.15, 0.2) is 46.0 Å². The fourth-order valence-corrected chi connectivity index (χ4v) is 10.4. The van der Waals surface area contributed by atoms with Crippen LogP contribution < -0.4 is 47.4 Å². The first-order chi connectivity index (χ1) is 33.3. The highest BCUT2D eigenvalue weighted by molar-refractivity contribution is 5.77. The Morgan fingerprint density at radius 1 is 0.493 bits per heavy atom. The number of quaternary nitrogens is 2. The lowest BCUT2D eigenvalue weighted by Crippen LogP contribution is -2.52.